The van der Waals surface area contributed by atoms with Crippen molar-refractivity contribution in [2.75, 3.05) is 19.6 Å². The summed E-state index contributed by atoms with van der Waals surface area (Å²) in [5.41, 5.74) is 3.07. The highest BCUT2D eigenvalue weighted by atomic mass is 15.2. The standard InChI is InChI=1S/C19H32N2/c1-3-9-19-12-7-8-15-21(19)16-18-11-6-5-10-17(18)13-14-20-4-2/h5-6,10-11,19-20H,3-4,7-9,12-16H2,1-2H3. The summed E-state index contributed by atoms with van der Waals surface area (Å²) in [6, 6.07) is 9.84. The van der Waals surface area contributed by atoms with Gasteiger partial charge in [0.15, 0.2) is 0 Å². The first-order valence-corrected chi connectivity index (χ1v) is 8.86. The molecule has 118 valence electrons. The highest BCUT2D eigenvalue weighted by Crippen LogP contribution is 2.24. The zero-order valence-corrected chi connectivity index (χ0v) is 13.9. The Bertz CT molecular complexity index is 400. The van der Waals surface area contributed by atoms with E-state index in [2.05, 4.69) is 48.3 Å². The van der Waals surface area contributed by atoms with Crippen LogP contribution in [-0.2, 0) is 13.0 Å². The Labute approximate surface area is 130 Å². The average Bonchev–Trinajstić information content (AvgIpc) is 2.51. The summed E-state index contributed by atoms with van der Waals surface area (Å²) >= 11 is 0. The first-order valence-electron chi connectivity index (χ1n) is 8.86. The molecule has 1 atom stereocenters. The van der Waals surface area contributed by atoms with E-state index in [0.29, 0.717) is 0 Å². The Morgan fingerprint density at radius 1 is 1.14 bits per heavy atom. The van der Waals surface area contributed by atoms with Crippen molar-refractivity contribution in [1.29, 1.82) is 0 Å². The van der Waals surface area contributed by atoms with Crippen LogP contribution in [0.25, 0.3) is 0 Å². The maximum atomic E-state index is 3.44. The zero-order valence-electron chi connectivity index (χ0n) is 13.9. The van der Waals surface area contributed by atoms with E-state index in [1.807, 2.05) is 0 Å². The van der Waals surface area contributed by atoms with Gasteiger partial charge in [-0.2, -0.15) is 0 Å². The average molecular weight is 288 g/mol. The molecule has 1 aliphatic heterocycles. The topological polar surface area (TPSA) is 15.3 Å². The third-order valence-corrected chi connectivity index (χ3v) is 4.68. The minimum absolute atomic E-state index is 0.811. The van der Waals surface area contributed by atoms with Crippen LogP contribution in [0, 0.1) is 0 Å². The summed E-state index contributed by atoms with van der Waals surface area (Å²) in [6.45, 7) is 9.07. The minimum Gasteiger partial charge on any atom is -0.317 e. The molecule has 1 aromatic rings. The first kappa shape index (κ1) is 16.5. The van der Waals surface area contributed by atoms with Crippen molar-refractivity contribution in [3.05, 3.63) is 35.4 Å². The molecule has 2 rings (SSSR count). The lowest BCUT2D eigenvalue weighted by Crippen LogP contribution is -2.39. The predicted octanol–water partition coefficient (Wildman–Crippen LogP) is 3.99. The Balaban J connectivity index is 1.99. The second kappa shape index (κ2) is 9.22. The van der Waals surface area contributed by atoms with Crippen molar-refractivity contribution in [2.24, 2.45) is 0 Å². The fraction of sp³-hybridized carbons (Fsp3) is 0.684. The van der Waals surface area contributed by atoms with Crippen LogP contribution in [-0.4, -0.2) is 30.6 Å². The van der Waals surface area contributed by atoms with Crippen molar-refractivity contribution in [3.8, 4) is 0 Å². The number of benzene rings is 1. The minimum atomic E-state index is 0.811. The van der Waals surface area contributed by atoms with Crippen LogP contribution < -0.4 is 5.32 Å². The Kier molecular flexibility index (Phi) is 7.25. The van der Waals surface area contributed by atoms with Crippen molar-refractivity contribution < 1.29 is 0 Å². The van der Waals surface area contributed by atoms with Crippen molar-refractivity contribution >= 4 is 0 Å². The number of likely N-dealkylation sites (tertiary alicyclic amines) is 1. The van der Waals surface area contributed by atoms with Crippen LogP contribution in [0.2, 0.25) is 0 Å². The van der Waals surface area contributed by atoms with Gasteiger partial charge in [-0.1, -0.05) is 51.0 Å². The molecule has 0 radical (unpaired) electrons. The van der Waals surface area contributed by atoms with Gasteiger partial charge in [-0.3, -0.25) is 4.90 Å². The molecular weight excluding hydrogens is 256 g/mol. The van der Waals surface area contributed by atoms with Crippen molar-refractivity contribution in [1.82, 2.24) is 10.2 Å². The summed E-state index contributed by atoms with van der Waals surface area (Å²) in [5, 5.41) is 3.44. The Morgan fingerprint density at radius 2 is 1.95 bits per heavy atom. The van der Waals surface area contributed by atoms with Gasteiger partial charge in [-0.15, -0.1) is 0 Å². The van der Waals surface area contributed by atoms with Gasteiger partial charge in [0.05, 0.1) is 0 Å². The van der Waals surface area contributed by atoms with Gasteiger partial charge in [-0.25, -0.2) is 0 Å². The van der Waals surface area contributed by atoms with Crippen LogP contribution in [0.4, 0.5) is 0 Å². The third kappa shape index (κ3) is 5.12. The highest BCUT2D eigenvalue weighted by Gasteiger charge is 2.22. The summed E-state index contributed by atoms with van der Waals surface area (Å²) < 4.78 is 0. The SMILES string of the molecule is CCCC1CCCCN1Cc1ccccc1CCNCC. The van der Waals surface area contributed by atoms with E-state index in [1.54, 1.807) is 5.56 Å². The molecule has 0 spiro atoms. The number of hydrogen-bond donors (Lipinski definition) is 1. The molecule has 2 nitrogen and oxygen atoms in total. The monoisotopic (exact) mass is 288 g/mol. The second-order valence-corrected chi connectivity index (χ2v) is 6.28. The van der Waals surface area contributed by atoms with E-state index in [4.69, 9.17) is 0 Å². The molecule has 0 saturated carbocycles. The molecule has 1 fully saturated rings. The van der Waals surface area contributed by atoms with Gasteiger partial charge in [-0.05, 0) is 56.4 Å². The number of rotatable bonds is 8. The smallest absolute Gasteiger partial charge is 0.0239 e. The summed E-state index contributed by atoms with van der Waals surface area (Å²) in [7, 11) is 0. The molecule has 1 aliphatic rings. The summed E-state index contributed by atoms with van der Waals surface area (Å²) in [6.07, 6.45) is 8.01. The van der Waals surface area contributed by atoms with E-state index >= 15 is 0 Å². The largest absolute Gasteiger partial charge is 0.317 e. The molecule has 1 heterocycles. The number of hydrogen-bond acceptors (Lipinski definition) is 2. The van der Waals surface area contributed by atoms with E-state index < -0.39 is 0 Å². The molecule has 1 unspecified atom stereocenters. The van der Waals surface area contributed by atoms with Crippen LogP contribution in [0.15, 0.2) is 24.3 Å². The van der Waals surface area contributed by atoms with Crippen LogP contribution >= 0.6 is 0 Å². The number of piperidine rings is 1. The van der Waals surface area contributed by atoms with Gasteiger partial charge >= 0.3 is 0 Å². The highest BCUT2D eigenvalue weighted by molar-refractivity contribution is 5.27. The maximum Gasteiger partial charge on any atom is 0.0239 e. The van der Waals surface area contributed by atoms with E-state index in [0.717, 1.165) is 32.1 Å². The Morgan fingerprint density at radius 3 is 2.71 bits per heavy atom. The van der Waals surface area contributed by atoms with Crippen molar-refractivity contribution in [3.63, 3.8) is 0 Å². The number of likely N-dealkylation sites (N-methyl/N-ethyl adjacent to an activating group) is 1. The van der Waals surface area contributed by atoms with Crippen LogP contribution in [0.1, 0.15) is 57.1 Å². The molecule has 0 aliphatic carbocycles. The van der Waals surface area contributed by atoms with Crippen LogP contribution in [0.5, 0.6) is 0 Å². The molecule has 2 heteroatoms. The lowest BCUT2D eigenvalue weighted by molar-refractivity contribution is 0.131. The quantitative estimate of drug-likeness (QED) is 0.728. The molecule has 0 aromatic heterocycles. The molecule has 1 aromatic carbocycles. The molecule has 1 N–H and O–H groups in total. The molecular formula is C19H32N2. The van der Waals surface area contributed by atoms with Crippen LogP contribution in [0.3, 0.4) is 0 Å². The molecule has 1 saturated heterocycles. The van der Waals surface area contributed by atoms with E-state index in [9.17, 15) is 0 Å². The van der Waals surface area contributed by atoms with Gasteiger partial charge in [0.2, 0.25) is 0 Å². The van der Waals surface area contributed by atoms with Crippen molar-refractivity contribution in [2.45, 2.75) is 65.0 Å². The zero-order chi connectivity index (χ0) is 14.9. The second-order valence-electron chi connectivity index (χ2n) is 6.28. The van der Waals surface area contributed by atoms with Gasteiger partial charge in [0, 0.05) is 12.6 Å². The normalized spacial score (nSPS) is 19.8. The van der Waals surface area contributed by atoms with Gasteiger partial charge in [0.1, 0.15) is 0 Å². The Hall–Kier alpha value is -0.860. The fourth-order valence-electron chi connectivity index (χ4n) is 3.50. The number of nitrogens with one attached hydrogen (secondary N) is 1. The number of nitrogens with zero attached hydrogens (tertiary/aromatic N) is 1. The fourth-order valence-corrected chi connectivity index (χ4v) is 3.50. The lowest BCUT2D eigenvalue weighted by atomic mass is 9.96. The third-order valence-electron chi connectivity index (χ3n) is 4.68. The first-order chi connectivity index (χ1) is 10.3. The van der Waals surface area contributed by atoms with Gasteiger partial charge < -0.3 is 5.32 Å². The lowest BCUT2D eigenvalue weighted by Gasteiger charge is -2.36. The molecule has 21 heavy (non-hydrogen) atoms. The van der Waals surface area contributed by atoms with Gasteiger partial charge in [0.25, 0.3) is 0 Å². The summed E-state index contributed by atoms with van der Waals surface area (Å²) in [5.74, 6) is 0. The maximum absolute atomic E-state index is 3.44. The summed E-state index contributed by atoms with van der Waals surface area (Å²) in [4.78, 5) is 2.74. The predicted molar refractivity (Wildman–Crippen MR) is 91.6 cm³/mol. The molecule has 0 amide bonds. The van der Waals surface area contributed by atoms with E-state index in [1.165, 1.54) is 44.2 Å². The van der Waals surface area contributed by atoms with E-state index in [-0.39, 0.29) is 0 Å². The molecule has 0 bridgehead atoms.